The lowest BCUT2D eigenvalue weighted by molar-refractivity contribution is 0.166. The molecule has 5 rings (SSSR count). The van der Waals surface area contributed by atoms with Gasteiger partial charge in [0.1, 0.15) is 5.75 Å². The molecule has 0 aromatic heterocycles. The molecular formula is C30H36N2O3. The molecule has 1 saturated heterocycles. The van der Waals surface area contributed by atoms with Crippen molar-refractivity contribution in [2.24, 2.45) is 0 Å². The smallest absolute Gasteiger partial charge is 0.163 e. The summed E-state index contributed by atoms with van der Waals surface area (Å²) in [5.74, 6) is 2.00. The van der Waals surface area contributed by atoms with Gasteiger partial charge in [-0.3, -0.25) is 4.90 Å². The Morgan fingerprint density at radius 1 is 0.857 bits per heavy atom. The minimum atomic E-state index is 0.295. The minimum absolute atomic E-state index is 0.295. The molecule has 2 aliphatic rings. The molecule has 1 saturated carbocycles. The largest absolute Gasteiger partial charge is 0.508 e. The zero-order valence-corrected chi connectivity index (χ0v) is 20.6. The summed E-state index contributed by atoms with van der Waals surface area (Å²) in [6.45, 7) is 3.67. The van der Waals surface area contributed by atoms with Crippen molar-refractivity contribution in [3.05, 3.63) is 83.9 Å². The maximum absolute atomic E-state index is 9.96. The SMILES string of the molecule is COc1ccc(N2CCN(Cc3cccc(O)c3)C(Cc3ccccc3)C2)cc1OC1CCCC1. The summed E-state index contributed by atoms with van der Waals surface area (Å²) >= 11 is 0. The van der Waals surface area contributed by atoms with Crippen LogP contribution in [0.1, 0.15) is 36.8 Å². The zero-order valence-electron chi connectivity index (χ0n) is 20.6. The first-order chi connectivity index (χ1) is 17.2. The maximum atomic E-state index is 9.96. The molecule has 1 aliphatic carbocycles. The lowest BCUT2D eigenvalue weighted by atomic mass is 10.0. The number of phenols is 1. The van der Waals surface area contributed by atoms with Crippen LogP contribution in [0, 0.1) is 0 Å². The molecule has 2 fully saturated rings. The van der Waals surface area contributed by atoms with Crippen LogP contribution in [0.5, 0.6) is 17.2 Å². The maximum Gasteiger partial charge on any atom is 0.163 e. The second-order valence-electron chi connectivity index (χ2n) is 9.79. The number of benzene rings is 3. The number of hydrogen-bond acceptors (Lipinski definition) is 5. The molecule has 0 bridgehead atoms. The molecule has 0 spiro atoms. The highest BCUT2D eigenvalue weighted by molar-refractivity contribution is 5.57. The number of piperazine rings is 1. The van der Waals surface area contributed by atoms with Gasteiger partial charge in [0.25, 0.3) is 0 Å². The number of nitrogens with zero attached hydrogens (tertiary/aromatic N) is 2. The predicted molar refractivity (Wildman–Crippen MR) is 141 cm³/mol. The van der Waals surface area contributed by atoms with Crippen LogP contribution in [-0.4, -0.2) is 48.9 Å². The Balaban J connectivity index is 1.36. The fraction of sp³-hybridized carbons (Fsp3) is 0.400. The lowest BCUT2D eigenvalue weighted by Gasteiger charge is -2.43. The number of hydrogen-bond donors (Lipinski definition) is 1. The molecule has 35 heavy (non-hydrogen) atoms. The predicted octanol–water partition coefficient (Wildman–Crippen LogP) is 5.66. The van der Waals surface area contributed by atoms with E-state index in [1.807, 2.05) is 18.2 Å². The number of anilines is 1. The molecule has 0 radical (unpaired) electrons. The van der Waals surface area contributed by atoms with Gasteiger partial charge in [0.2, 0.25) is 0 Å². The van der Waals surface area contributed by atoms with Crippen molar-refractivity contribution in [1.29, 1.82) is 0 Å². The van der Waals surface area contributed by atoms with E-state index in [1.54, 1.807) is 13.2 Å². The Morgan fingerprint density at radius 2 is 1.66 bits per heavy atom. The monoisotopic (exact) mass is 472 g/mol. The van der Waals surface area contributed by atoms with Crippen molar-refractivity contribution in [3.8, 4) is 17.2 Å². The first-order valence-electron chi connectivity index (χ1n) is 12.8. The van der Waals surface area contributed by atoms with Crippen LogP contribution >= 0.6 is 0 Å². The van der Waals surface area contributed by atoms with Crippen molar-refractivity contribution < 1.29 is 14.6 Å². The third-order valence-electron chi connectivity index (χ3n) is 7.32. The Bertz CT molecular complexity index is 1100. The molecule has 1 heterocycles. The molecule has 1 unspecified atom stereocenters. The van der Waals surface area contributed by atoms with Crippen molar-refractivity contribution in [2.45, 2.75) is 50.8 Å². The van der Waals surface area contributed by atoms with Crippen molar-refractivity contribution in [3.63, 3.8) is 0 Å². The van der Waals surface area contributed by atoms with Gasteiger partial charge in [-0.25, -0.2) is 0 Å². The normalized spacial score (nSPS) is 19.1. The molecule has 3 aromatic carbocycles. The third-order valence-corrected chi connectivity index (χ3v) is 7.32. The highest BCUT2D eigenvalue weighted by atomic mass is 16.5. The van der Waals surface area contributed by atoms with Gasteiger partial charge < -0.3 is 19.5 Å². The summed E-state index contributed by atoms with van der Waals surface area (Å²) in [5.41, 5.74) is 3.68. The summed E-state index contributed by atoms with van der Waals surface area (Å²) < 4.78 is 12.0. The van der Waals surface area contributed by atoms with Crippen molar-refractivity contribution in [2.75, 3.05) is 31.6 Å². The minimum Gasteiger partial charge on any atom is -0.508 e. The zero-order chi connectivity index (χ0) is 24.0. The molecule has 5 nitrogen and oxygen atoms in total. The van der Waals surface area contributed by atoms with Crippen LogP contribution in [0.15, 0.2) is 72.8 Å². The first kappa shape index (κ1) is 23.6. The quantitative estimate of drug-likeness (QED) is 0.459. The van der Waals surface area contributed by atoms with E-state index in [-0.39, 0.29) is 0 Å². The van der Waals surface area contributed by atoms with E-state index in [4.69, 9.17) is 9.47 Å². The van der Waals surface area contributed by atoms with Gasteiger partial charge in [-0.05, 0) is 67.5 Å². The van der Waals surface area contributed by atoms with Crippen LogP contribution < -0.4 is 14.4 Å². The molecular weight excluding hydrogens is 436 g/mol. The molecule has 1 atom stereocenters. The number of aromatic hydroxyl groups is 1. The van der Waals surface area contributed by atoms with E-state index in [2.05, 4.69) is 58.3 Å². The van der Waals surface area contributed by atoms with Gasteiger partial charge >= 0.3 is 0 Å². The van der Waals surface area contributed by atoms with E-state index < -0.39 is 0 Å². The highest BCUT2D eigenvalue weighted by Crippen LogP contribution is 2.36. The number of ether oxygens (including phenoxy) is 2. The van der Waals surface area contributed by atoms with Gasteiger partial charge in [-0.2, -0.15) is 0 Å². The van der Waals surface area contributed by atoms with Gasteiger partial charge in [0.15, 0.2) is 11.5 Å². The first-order valence-corrected chi connectivity index (χ1v) is 12.8. The molecule has 184 valence electrons. The average Bonchev–Trinajstić information content (AvgIpc) is 3.39. The average molecular weight is 473 g/mol. The topological polar surface area (TPSA) is 45.2 Å². The van der Waals surface area contributed by atoms with Crippen LogP contribution in [0.4, 0.5) is 5.69 Å². The Hall–Kier alpha value is -3.18. The lowest BCUT2D eigenvalue weighted by Crippen LogP contribution is -2.53. The van der Waals surface area contributed by atoms with Crippen molar-refractivity contribution >= 4 is 5.69 Å². The fourth-order valence-electron chi connectivity index (χ4n) is 5.44. The van der Waals surface area contributed by atoms with Crippen LogP contribution in [0.25, 0.3) is 0 Å². The Morgan fingerprint density at radius 3 is 2.43 bits per heavy atom. The number of methoxy groups -OCH3 is 1. The number of phenolic OH excluding ortho intramolecular Hbond substituents is 1. The summed E-state index contributed by atoms with van der Waals surface area (Å²) in [6.07, 6.45) is 6.02. The second kappa shape index (κ2) is 11.0. The van der Waals surface area contributed by atoms with Crippen LogP contribution in [0.3, 0.4) is 0 Å². The van der Waals surface area contributed by atoms with E-state index in [0.717, 1.165) is 62.5 Å². The Labute approximate surface area is 208 Å². The van der Waals surface area contributed by atoms with Crippen LogP contribution in [-0.2, 0) is 13.0 Å². The third kappa shape index (κ3) is 5.91. The second-order valence-corrected chi connectivity index (χ2v) is 9.79. The summed E-state index contributed by atoms with van der Waals surface area (Å²) in [6, 6.07) is 25.1. The van der Waals surface area contributed by atoms with E-state index in [0.29, 0.717) is 17.9 Å². The Kier molecular flexibility index (Phi) is 7.43. The molecule has 1 aliphatic heterocycles. The molecule has 1 N–H and O–H groups in total. The van der Waals surface area contributed by atoms with Gasteiger partial charge in [0.05, 0.1) is 13.2 Å². The van der Waals surface area contributed by atoms with E-state index >= 15 is 0 Å². The van der Waals surface area contributed by atoms with E-state index in [1.165, 1.54) is 24.1 Å². The fourth-order valence-corrected chi connectivity index (χ4v) is 5.44. The summed E-state index contributed by atoms with van der Waals surface area (Å²) in [7, 11) is 1.71. The van der Waals surface area contributed by atoms with Gasteiger partial charge in [-0.1, -0.05) is 42.5 Å². The summed E-state index contributed by atoms with van der Waals surface area (Å²) in [4.78, 5) is 5.03. The molecule has 0 amide bonds. The van der Waals surface area contributed by atoms with Gasteiger partial charge in [-0.15, -0.1) is 0 Å². The summed E-state index contributed by atoms with van der Waals surface area (Å²) in [5, 5.41) is 9.96. The standard InChI is InChI=1S/C30H36N2O3/c1-34-29-15-14-25(20-30(29)35-28-12-5-6-13-28)32-17-16-31(21-24-10-7-11-27(33)19-24)26(22-32)18-23-8-3-2-4-9-23/h2-4,7-11,14-15,19-20,26,28,33H,5-6,12-13,16-18,21-22H2,1H3. The number of rotatable bonds is 8. The highest BCUT2D eigenvalue weighted by Gasteiger charge is 2.28. The molecule has 5 heteroatoms. The van der Waals surface area contributed by atoms with Crippen molar-refractivity contribution in [1.82, 2.24) is 4.90 Å². The van der Waals surface area contributed by atoms with Gasteiger partial charge in [0, 0.05) is 44.0 Å². The van der Waals surface area contributed by atoms with Crippen LogP contribution in [0.2, 0.25) is 0 Å². The van der Waals surface area contributed by atoms with E-state index in [9.17, 15) is 5.11 Å². The molecule has 3 aromatic rings.